The number of benzene rings is 1. The van der Waals surface area contributed by atoms with Crippen LogP contribution >= 0.6 is 0 Å². The van der Waals surface area contributed by atoms with Crippen LogP contribution in [0.15, 0.2) is 40.8 Å². The van der Waals surface area contributed by atoms with Crippen molar-refractivity contribution in [2.75, 3.05) is 5.32 Å². The van der Waals surface area contributed by atoms with E-state index in [9.17, 15) is 14.9 Å². The number of hydrogen-bond acceptors (Lipinski definition) is 4. The van der Waals surface area contributed by atoms with E-state index in [2.05, 4.69) is 5.32 Å². The monoisotopic (exact) mass is 260 g/mol. The normalized spacial score (nSPS) is 10.2. The van der Waals surface area contributed by atoms with Gasteiger partial charge in [-0.05, 0) is 30.2 Å². The zero-order valence-corrected chi connectivity index (χ0v) is 10.3. The average molecular weight is 260 g/mol. The number of furan rings is 1. The van der Waals surface area contributed by atoms with Gasteiger partial charge in [-0.3, -0.25) is 14.9 Å². The Morgan fingerprint density at radius 1 is 1.37 bits per heavy atom. The van der Waals surface area contributed by atoms with Gasteiger partial charge in [-0.15, -0.1) is 0 Å². The van der Waals surface area contributed by atoms with Crippen LogP contribution < -0.4 is 5.32 Å². The minimum absolute atomic E-state index is 0.0893. The minimum Gasteiger partial charge on any atom is -0.395 e. The number of nitrogens with zero attached hydrogens (tertiary/aromatic N) is 1. The first kappa shape index (κ1) is 12.8. The van der Waals surface area contributed by atoms with Crippen LogP contribution in [0.4, 0.5) is 11.6 Å². The van der Waals surface area contributed by atoms with Gasteiger partial charge in [0.1, 0.15) is 4.92 Å². The van der Waals surface area contributed by atoms with Gasteiger partial charge in [0.05, 0.1) is 6.07 Å². The van der Waals surface area contributed by atoms with E-state index < -0.39 is 16.7 Å². The molecule has 2 aromatic rings. The Kier molecular flexibility index (Phi) is 3.61. The Morgan fingerprint density at radius 2 is 2.16 bits per heavy atom. The summed E-state index contributed by atoms with van der Waals surface area (Å²) in [5.74, 6) is -1.05. The predicted octanol–water partition coefficient (Wildman–Crippen LogP) is 3.00. The number of nitro groups is 1. The van der Waals surface area contributed by atoms with Crippen LogP contribution in [0.2, 0.25) is 0 Å². The number of nitrogens with one attached hydrogen (secondary N) is 1. The quantitative estimate of drug-likeness (QED) is 0.676. The van der Waals surface area contributed by atoms with E-state index in [0.717, 1.165) is 18.1 Å². The predicted molar refractivity (Wildman–Crippen MR) is 69.1 cm³/mol. The fourth-order valence-corrected chi connectivity index (χ4v) is 1.61. The second-order valence-electron chi connectivity index (χ2n) is 3.90. The molecule has 1 N–H and O–H groups in total. The van der Waals surface area contributed by atoms with Gasteiger partial charge in [0.2, 0.25) is 0 Å². The van der Waals surface area contributed by atoms with E-state index in [1.54, 1.807) is 6.07 Å². The molecule has 0 radical (unpaired) electrons. The molecule has 2 rings (SSSR count). The molecule has 0 aliphatic heterocycles. The second-order valence-corrected chi connectivity index (χ2v) is 3.90. The van der Waals surface area contributed by atoms with Crippen LogP contribution in [0.5, 0.6) is 0 Å². The van der Waals surface area contributed by atoms with Crippen LogP contribution in [0, 0.1) is 10.1 Å². The van der Waals surface area contributed by atoms with Crippen LogP contribution in [0.1, 0.15) is 23.0 Å². The van der Waals surface area contributed by atoms with Gasteiger partial charge in [0.15, 0.2) is 5.76 Å². The molecule has 98 valence electrons. The minimum atomic E-state index is -0.686. The third-order valence-electron chi connectivity index (χ3n) is 2.59. The van der Waals surface area contributed by atoms with E-state index in [1.165, 1.54) is 6.07 Å². The maximum Gasteiger partial charge on any atom is 0.433 e. The molecular formula is C13H12N2O4. The van der Waals surface area contributed by atoms with Gasteiger partial charge in [0, 0.05) is 5.69 Å². The highest BCUT2D eigenvalue weighted by Crippen LogP contribution is 2.18. The van der Waals surface area contributed by atoms with Crippen molar-refractivity contribution < 1.29 is 14.1 Å². The summed E-state index contributed by atoms with van der Waals surface area (Å²) in [5, 5.41) is 13.1. The molecule has 1 aromatic heterocycles. The van der Waals surface area contributed by atoms with Crippen molar-refractivity contribution in [3.63, 3.8) is 0 Å². The summed E-state index contributed by atoms with van der Waals surface area (Å²) in [5.41, 5.74) is 1.71. The highest BCUT2D eigenvalue weighted by molar-refractivity contribution is 6.02. The molecule has 0 atom stereocenters. The van der Waals surface area contributed by atoms with Crippen LogP contribution in [-0.2, 0) is 6.42 Å². The molecule has 0 unspecified atom stereocenters. The number of anilines is 1. The summed E-state index contributed by atoms with van der Waals surface area (Å²) >= 11 is 0. The fourth-order valence-electron chi connectivity index (χ4n) is 1.61. The summed E-state index contributed by atoms with van der Waals surface area (Å²) in [6.07, 6.45) is 0.857. The Labute approximate surface area is 109 Å². The molecule has 0 bridgehead atoms. The number of amides is 1. The molecule has 0 aliphatic rings. The summed E-state index contributed by atoms with van der Waals surface area (Å²) in [7, 11) is 0. The van der Waals surface area contributed by atoms with Crippen molar-refractivity contribution in [2.24, 2.45) is 0 Å². The lowest BCUT2D eigenvalue weighted by Crippen LogP contribution is -2.10. The Bertz CT molecular complexity index is 619. The maximum absolute atomic E-state index is 11.8. The topological polar surface area (TPSA) is 85.4 Å². The van der Waals surface area contributed by atoms with Gasteiger partial charge in [-0.2, -0.15) is 0 Å². The van der Waals surface area contributed by atoms with Crippen molar-refractivity contribution in [1.29, 1.82) is 0 Å². The van der Waals surface area contributed by atoms with Crippen LogP contribution in [-0.4, -0.2) is 10.8 Å². The van der Waals surface area contributed by atoms with Crippen LogP contribution in [0.25, 0.3) is 0 Å². The molecule has 1 heterocycles. The number of aryl methyl sites for hydroxylation is 1. The molecule has 0 aliphatic carbocycles. The first-order valence-electron chi connectivity index (χ1n) is 5.74. The van der Waals surface area contributed by atoms with E-state index in [-0.39, 0.29) is 5.76 Å². The summed E-state index contributed by atoms with van der Waals surface area (Å²) in [4.78, 5) is 21.6. The smallest absolute Gasteiger partial charge is 0.395 e. The lowest BCUT2D eigenvalue weighted by molar-refractivity contribution is -0.402. The number of carbonyl (C=O) groups excluding carboxylic acids is 1. The molecule has 0 fully saturated rings. The van der Waals surface area contributed by atoms with Gasteiger partial charge in [-0.25, -0.2) is 0 Å². The molecule has 0 saturated heterocycles. The van der Waals surface area contributed by atoms with Crippen LogP contribution in [0.3, 0.4) is 0 Å². The highest BCUT2D eigenvalue weighted by Gasteiger charge is 2.17. The fraction of sp³-hybridized carbons (Fsp3) is 0.154. The van der Waals surface area contributed by atoms with E-state index in [4.69, 9.17) is 4.42 Å². The maximum atomic E-state index is 11.8. The third kappa shape index (κ3) is 2.98. The largest absolute Gasteiger partial charge is 0.433 e. The van der Waals surface area contributed by atoms with E-state index in [0.29, 0.717) is 5.69 Å². The lowest BCUT2D eigenvalue weighted by Gasteiger charge is -2.04. The Morgan fingerprint density at radius 3 is 2.79 bits per heavy atom. The number of hydrogen-bond donors (Lipinski definition) is 1. The standard InChI is InChI=1S/C13H12N2O4/c1-2-9-4-3-5-10(8-9)14-13(16)11-6-7-12(19-11)15(17)18/h3-8H,2H2,1H3,(H,14,16). The highest BCUT2D eigenvalue weighted by atomic mass is 16.6. The number of rotatable bonds is 4. The first-order chi connectivity index (χ1) is 9.10. The molecule has 1 aromatic carbocycles. The summed E-state index contributed by atoms with van der Waals surface area (Å²) in [6.45, 7) is 2.01. The van der Waals surface area contributed by atoms with Crippen molar-refractivity contribution in [1.82, 2.24) is 0 Å². The average Bonchev–Trinajstić information content (AvgIpc) is 2.89. The van der Waals surface area contributed by atoms with Crippen molar-refractivity contribution in [3.8, 4) is 0 Å². The molecule has 0 spiro atoms. The Balaban J connectivity index is 2.13. The zero-order valence-electron chi connectivity index (χ0n) is 10.3. The number of carbonyl (C=O) groups is 1. The van der Waals surface area contributed by atoms with Crippen molar-refractivity contribution in [2.45, 2.75) is 13.3 Å². The Hall–Kier alpha value is -2.63. The van der Waals surface area contributed by atoms with Gasteiger partial charge in [0.25, 0.3) is 5.91 Å². The molecule has 6 heteroatoms. The van der Waals surface area contributed by atoms with E-state index in [1.807, 2.05) is 25.1 Å². The lowest BCUT2D eigenvalue weighted by atomic mass is 10.1. The zero-order chi connectivity index (χ0) is 13.8. The van der Waals surface area contributed by atoms with Crippen molar-refractivity contribution in [3.05, 3.63) is 57.8 Å². The molecule has 1 amide bonds. The SMILES string of the molecule is CCc1cccc(NC(=O)c2ccc([N+](=O)[O-])o2)c1. The summed E-state index contributed by atoms with van der Waals surface area (Å²) in [6, 6.07) is 9.80. The van der Waals surface area contributed by atoms with Gasteiger partial charge in [-0.1, -0.05) is 19.1 Å². The van der Waals surface area contributed by atoms with Gasteiger partial charge < -0.3 is 9.73 Å². The molecule has 6 nitrogen and oxygen atoms in total. The first-order valence-corrected chi connectivity index (χ1v) is 5.74. The van der Waals surface area contributed by atoms with Crippen molar-refractivity contribution >= 4 is 17.5 Å². The van der Waals surface area contributed by atoms with Gasteiger partial charge >= 0.3 is 5.88 Å². The molecular weight excluding hydrogens is 248 g/mol. The second kappa shape index (κ2) is 5.34. The molecule has 0 saturated carbocycles. The molecule has 19 heavy (non-hydrogen) atoms. The third-order valence-corrected chi connectivity index (χ3v) is 2.59. The van der Waals surface area contributed by atoms with E-state index >= 15 is 0 Å². The summed E-state index contributed by atoms with van der Waals surface area (Å²) < 4.78 is 4.82.